The molecule has 3 heteroatoms. The minimum Gasteiger partial charge on any atom is -0.326 e. The van der Waals surface area contributed by atoms with Gasteiger partial charge >= 0.3 is 0 Å². The first-order chi connectivity index (χ1) is 14.1. The number of aryl methyl sites for hydroxylation is 2. The third kappa shape index (κ3) is 3.82. The smallest absolute Gasteiger partial charge is 0.228 e. The van der Waals surface area contributed by atoms with Crippen molar-refractivity contribution >= 4 is 23.2 Å². The molecule has 1 unspecified atom stereocenters. The lowest BCUT2D eigenvalue weighted by atomic mass is 9.84. The maximum atomic E-state index is 13.1. The van der Waals surface area contributed by atoms with Crippen LogP contribution in [0.5, 0.6) is 0 Å². The fraction of sp³-hybridized carbons (Fsp3) is 0.269. The normalized spacial score (nSPS) is 17.0. The first kappa shape index (κ1) is 19.7. The molecule has 0 aliphatic heterocycles. The molecule has 148 valence electrons. The molecule has 1 N–H and O–H groups in total. The Morgan fingerprint density at radius 1 is 0.862 bits per heavy atom. The summed E-state index contributed by atoms with van der Waals surface area (Å²) in [5.74, 6) is -0.0235. The van der Waals surface area contributed by atoms with Crippen LogP contribution in [0.3, 0.4) is 0 Å². The number of hydrogen-bond donors (Lipinski definition) is 1. The van der Waals surface area contributed by atoms with E-state index in [0.717, 1.165) is 24.9 Å². The van der Waals surface area contributed by atoms with Gasteiger partial charge in [0.05, 0.1) is 5.92 Å². The molecule has 3 aromatic rings. The van der Waals surface area contributed by atoms with Crippen molar-refractivity contribution in [1.29, 1.82) is 0 Å². The second-order valence-electron chi connectivity index (χ2n) is 7.83. The fourth-order valence-electron chi connectivity index (χ4n) is 4.22. The molecule has 0 aromatic heterocycles. The summed E-state index contributed by atoms with van der Waals surface area (Å²) in [6.45, 7) is 4.32. The van der Waals surface area contributed by atoms with E-state index < -0.39 is 0 Å². The van der Waals surface area contributed by atoms with Crippen LogP contribution in [0.15, 0.2) is 72.8 Å². The first-order valence-electron chi connectivity index (χ1n) is 10.3. The monoisotopic (exact) mass is 403 g/mol. The first-order valence-corrected chi connectivity index (χ1v) is 10.7. The summed E-state index contributed by atoms with van der Waals surface area (Å²) in [4.78, 5) is 13.1. The highest BCUT2D eigenvalue weighted by Gasteiger charge is 2.60. The minimum absolute atomic E-state index is 0.0615. The standard InChI is InChI=1S/C26H26ClNO/c1-3-18-5-9-20(10-6-18)26(21-11-7-19(4-2)8-12-21)17-24(26)25(29)28-23-15-13-22(27)14-16-23/h5-16,24H,3-4,17H2,1-2H3,(H,28,29). The molecule has 0 saturated heterocycles. The number of carbonyl (C=O) groups excluding carboxylic acids is 1. The van der Waals surface area contributed by atoms with E-state index in [-0.39, 0.29) is 17.2 Å². The van der Waals surface area contributed by atoms with E-state index in [1.54, 1.807) is 12.1 Å². The van der Waals surface area contributed by atoms with Gasteiger partial charge in [0.25, 0.3) is 0 Å². The molecular formula is C26H26ClNO. The van der Waals surface area contributed by atoms with Gasteiger partial charge in [-0.15, -0.1) is 0 Å². The van der Waals surface area contributed by atoms with Crippen LogP contribution in [-0.2, 0) is 23.1 Å². The molecular weight excluding hydrogens is 378 g/mol. The molecule has 1 saturated carbocycles. The van der Waals surface area contributed by atoms with Gasteiger partial charge in [0, 0.05) is 16.1 Å². The molecule has 2 nitrogen and oxygen atoms in total. The second-order valence-corrected chi connectivity index (χ2v) is 8.26. The predicted octanol–water partition coefficient (Wildman–Crippen LogP) is 6.41. The zero-order valence-electron chi connectivity index (χ0n) is 16.9. The van der Waals surface area contributed by atoms with Crippen molar-refractivity contribution in [3.63, 3.8) is 0 Å². The van der Waals surface area contributed by atoms with Crippen LogP contribution >= 0.6 is 11.6 Å². The summed E-state index contributed by atoms with van der Waals surface area (Å²) in [6.07, 6.45) is 2.85. The Balaban J connectivity index is 1.66. The number of anilines is 1. The predicted molar refractivity (Wildman–Crippen MR) is 121 cm³/mol. The highest BCUT2D eigenvalue weighted by atomic mass is 35.5. The Kier molecular flexibility index (Phi) is 5.47. The van der Waals surface area contributed by atoms with Crippen molar-refractivity contribution in [3.8, 4) is 0 Å². The SMILES string of the molecule is CCc1ccc(C2(c3ccc(CC)cc3)CC2C(=O)Nc2ccc(Cl)cc2)cc1. The van der Waals surface area contributed by atoms with Crippen molar-refractivity contribution in [2.45, 2.75) is 38.5 Å². The van der Waals surface area contributed by atoms with Gasteiger partial charge in [-0.2, -0.15) is 0 Å². The van der Waals surface area contributed by atoms with Gasteiger partial charge in [0.1, 0.15) is 0 Å². The van der Waals surface area contributed by atoms with E-state index in [4.69, 9.17) is 11.6 Å². The Bertz CT molecular complexity index is 943. The average molecular weight is 404 g/mol. The van der Waals surface area contributed by atoms with Crippen LogP contribution in [0.2, 0.25) is 5.02 Å². The second kappa shape index (κ2) is 8.04. The zero-order chi connectivity index (χ0) is 20.4. The number of carbonyl (C=O) groups is 1. The number of halogens is 1. The number of benzene rings is 3. The lowest BCUT2D eigenvalue weighted by Crippen LogP contribution is -2.22. The van der Waals surface area contributed by atoms with Crippen LogP contribution in [0.1, 0.15) is 42.5 Å². The fourth-order valence-corrected chi connectivity index (χ4v) is 4.35. The van der Waals surface area contributed by atoms with Gasteiger partial charge < -0.3 is 5.32 Å². The van der Waals surface area contributed by atoms with Gasteiger partial charge in [-0.3, -0.25) is 4.79 Å². The van der Waals surface area contributed by atoms with Crippen LogP contribution in [-0.4, -0.2) is 5.91 Å². The molecule has 3 aromatic carbocycles. The highest BCUT2D eigenvalue weighted by Crippen LogP contribution is 2.59. The van der Waals surface area contributed by atoms with E-state index in [1.165, 1.54) is 22.3 Å². The molecule has 1 fully saturated rings. The number of amides is 1. The number of nitrogens with one attached hydrogen (secondary N) is 1. The third-order valence-corrected chi connectivity index (χ3v) is 6.40. The van der Waals surface area contributed by atoms with Gasteiger partial charge in [-0.05, 0) is 65.8 Å². The largest absolute Gasteiger partial charge is 0.326 e. The lowest BCUT2D eigenvalue weighted by Gasteiger charge is -2.20. The summed E-state index contributed by atoms with van der Waals surface area (Å²) < 4.78 is 0. The van der Waals surface area contributed by atoms with Crippen molar-refractivity contribution in [1.82, 2.24) is 0 Å². The van der Waals surface area contributed by atoms with Crippen LogP contribution in [0, 0.1) is 5.92 Å². The summed E-state index contributed by atoms with van der Waals surface area (Å²) >= 11 is 5.97. The summed E-state index contributed by atoms with van der Waals surface area (Å²) in [7, 11) is 0. The van der Waals surface area contributed by atoms with E-state index in [2.05, 4.69) is 67.7 Å². The van der Waals surface area contributed by atoms with Crippen LogP contribution < -0.4 is 5.32 Å². The van der Waals surface area contributed by atoms with Crippen LogP contribution in [0.25, 0.3) is 0 Å². The van der Waals surface area contributed by atoms with E-state index in [1.807, 2.05) is 12.1 Å². The topological polar surface area (TPSA) is 29.1 Å². The van der Waals surface area contributed by atoms with E-state index in [9.17, 15) is 4.79 Å². The van der Waals surface area contributed by atoms with Gasteiger partial charge in [-0.1, -0.05) is 74.0 Å². The zero-order valence-corrected chi connectivity index (χ0v) is 17.7. The minimum atomic E-state index is -0.255. The number of rotatable bonds is 6. The summed E-state index contributed by atoms with van der Waals surface area (Å²) in [6, 6.07) is 24.8. The third-order valence-electron chi connectivity index (χ3n) is 6.14. The molecule has 29 heavy (non-hydrogen) atoms. The molecule has 0 bridgehead atoms. The Hall–Kier alpha value is -2.58. The lowest BCUT2D eigenvalue weighted by molar-refractivity contribution is -0.117. The van der Waals surface area contributed by atoms with Crippen molar-refractivity contribution in [2.75, 3.05) is 5.32 Å². The molecule has 1 aliphatic carbocycles. The van der Waals surface area contributed by atoms with Gasteiger partial charge in [0.2, 0.25) is 5.91 Å². The summed E-state index contributed by atoms with van der Waals surface area (Å²) in [5.41, 5.74) is 5.59. The van der Waals surface area contributed by atoms with Gasteiger partial charge in [-0.25, -0.2) is 0 Å². The molecule has 0 radical (unpaired) electrons. The molecule has 1 aliphatic rings. The van der Waals surface area contributed by atoms with Crippen LogP contribution in [0.4, 0.5) is 5.69 Å². The Morgan fingerprint density at radius 3 is 1.79 bits per heavy atom. The maximum absolute atomic E-state index is 13.1. The number of hydrogen-bond acceptors (Lipinski definition) is 1. The molecule has 4 rings (SSSR count). The molecule has 0 spiro atoms. The Morgan fingerprint density at radius 2 is 1.34 bits per heavy atom. The van der Waals surface area contributed by atoms with E-state index in [0.29, 0.717) is 5.02 Å². The Labute approximate surface area is 177 Å². The van der Waals surface area contributed by atoms with Crippen molar-refractivity contribution in [2.24, 2.45) is 5.92 Å². The molecule has 1 amide bonds. The highest BCUT2D eigenvalue weighted by molar-refractivity contribution is 6.30. The average Bonchev–Trinajstić information content (AvgIpc) is 3.53. The summed E-state index contributed by atoms with van der Waals surface area (Å²) in [5, 5.41) is 3.74. The molecule has 1 atom stereocenters. The quantitative estimate of drug-likeness (QED) is 0.506. The van der Waals surface area contributed by atoms with Crippen molar-refractivity contribution in [3.05, 3.63) is 100 Å². The maximum Gasteiger partial charge on any atom is 0.228 e. The van der Waals surface area contributed by atoms with E-state index >= 15 is 0 Å². The van der Waals surface area contributed by atoms with Gasteiger partial charge in [0.15, 0.2) is 0 Å². The van der Waals surface area contributed by atoms with Crippen molar-refractivity contribution < 1.29 is 4.79 Å². The molecule has 0 heterocycles.